The minimum atomic E-state index is -0.805. The van der Waals surface area contributed by atoms with Gasteiger partial charge in [0.1, 0.15) is 0 Å². The number of benzene rings is 1. The van der Waals surface area contributed by atoms with Gasteiger partial charge < -0.3 is 4.74 Å². The Balaban J connectivity index is 3.04. The molecule has 0 unspecified atom stereocenters. The summed E-state index contributed by atoms with van der Waals surface area (Å²) in [6.07, 6.45) is 0.930. The third kappa shape index (κ3) is 3.22. The van der Waals surface area contributed by atoms with Crippen LogP contribution in [0.25, 0.3) is 0 Å². The minimum absolute atomic E-state index is 0.180. The number of carbonyl (C=O) groups is 1. The molecule has 0 radical (unpaired) electrons. The third-order valence-corrected chi connectivity index (χ3v) is 1.89. The molecule has 84 valence electrons. The van der Waals surface area contributed by atoms with Gasteiger partial charge in [0, 0.05) is 22.7 Å². The second kappa shape index (κ2) is 5.48. The number of halogens is 2. The Hall–Kier alpha value is -1.59. The van der Waals surface area contributed by atoms with Gasteiger partial charge in [-0.1, -0.05) is 23.2 Å². The molecule has 1 aromatic carbocycles. The largest absolute Gasteiger partial charge is 0.416 e. The molecule has 0 aliphatic carbocycles. The van der Waals surface area contributed by atoms with E-state index in [1.165, 1.54) is 12.1 Å². The highest BCUT2D eigenvalue weighted by atomic mass is 35.5. The molecule has 0 spiro atoms. The summed E-state index contributed by atoms with van der Waals surface area (Å²) in [6.45, 7) is 0. The number of carbonyl (C=O) groups excluding carboxylic acids is 1. The molecule has 0 saturated heterocycles. The zero-order chi connectivity index (χ0) is 12.1. The van der Waals surface area contributed by atoms with E-state index >= 15 is 0 Å². The fraction of sp³-hybridized carbons (Fsp3) is 0. The second-order valence-corrected chi connectivity index (χ2v) is 3.27. The molecule has 1 rings (SSSR count). The zero-order valence-corrected chi connectivity index (χ0v) is 9.23. The normalized spacial score (nSPS) is 10.4. The van der Waals surface area contributed by atoms with Gasteiger partial charge in [0.15, 0.2) is 0 Å². The fourth-order valence-corrected chi connectivity index (χ4v) is 1.18. The number of rotatable bonds is 3. The predicted molar refractivity (Wildman–Crippen MR) is 58.7 cm³/mol. The highest BCUT2D eigenvalue weighted by Gasteiger charge is 2.17. The molecule has 0 amide bonds. The van der Waals surface area contributed by atoms with Gasteiger partial charge in [0.05, 0.1) is 4.92 Å². The first-order valence-corrected chi connectivity index (χ1v) is 4.78. The van der Waals surface area contributed by atoms with Gasteiger partial charge in [-0.3, -0.25) is 10.1 Å². The first kappa shape index (κ1) is 12.5. The van der Waals surface area contributed by atoms with Crippen molar-refractivity contribution in [3.63, 3.8) is 0 Å². The fourth-order valence-electron chi connectivity index (χ4n) is 0.913. The molecule has 0 bridgehead atoms. The molecule has 0 fully saturated rings. The van der Waals surface area contributed by atoms with Crippen molar-refractivity contribution in [3.8, 4) is 5.75 Å². The number of nitrogens with zero attached hydrogens (tertiary/aromatic N) is 1. The predicted octanol–water partition coefficient (Wildman–Crippen LogP) is 2.91. The van der Waals surface area contributed by atoms with Crippen molar-refractivity contribution >= 4 is 34.9 Å². The van der Waals surface area contributed by atoms with Crippen molar-refractivity contribution in [1.82, 2.24) is 0 Å². The van der Waals surface area contributed by atoms with Crippen molar-refractivity contribution in [2.24, 2.45) is 0 Å². The number of nitro groups is 1. The highest BCUT2D eigenvalue weighted by molar-refractivity contribution is 6.30. The number of esters is 1. The van der Waals surface area contributed by atoms with E-state index in [0.29, 0.717) is 0 Å². The molecule has 7 heteroatoms. The molecule has 0 N–H and O–H groups in total. The maximum Gasteiger partial charge on any atom is 0.337 e. The summed E-state index contributed by atoms with van der Waals surface area (Å²) < 4.78 is 4.69. The van der Waals surface area contributed by atoms with Crippen molar-refractivity contribution < 1.29 is 14.5 Å². The molecule has 0 saturated carbocycles. The molecule has 5 nitrogen and oxygen atoms in total. The molecular formula is C9H5Cl2NO4. The smallest absolute Gasteiger partial charge is 0.337 e. The zero-order valence-electron chi connectivity index (χ0n) is 7.72. The lowest BCUT2D eigenvalue weighted by molar-refractivity contribution is -0.385. The minimum Gasteiger partial charge on any atom is -0.416 e. The first-order chi connectivity index (χ1) is 7.54. The number of nitro benzene ring substituents is 1. The standard InChI is InChI=1S/C9H5Cl2NO4/c10-4-3-9(13)16-8-2-1-6(11)5-7(8)12(14)15/h1-5H/b4-3+. The Kier molecular flexibility index (Phi) is 4.28. The Bertz CT molecular complexity index is 459. The molecule has 0 atom stereocenters. The number of hydrogen-bond donors (Lipinski definition) is 0. The summed E-state index contributed by atoms with van der Waals surface area (Å²) in [5, 5.41) is 10.8. The summed E-state index contributed by atoms with van der Waals surface area (Å²) in [7, 11) is 0. The van der Waals surface area contributed by atoms with Gasteiger partial charge in [0.2, 0.25) is 5.75 Å². The van der Waals surface area contributed by atoms with Crippen molar-refractivity contribution in [2.45, 2.75) is 0 Å². The van der Waals surface area contributed by atoms with E-state index in [2.05, 4.69) is 0 Å². The lowest BCUT2D eigenvalue weighted by atomic mass is 10.3. The second-order valence-electron chi connectivity index (χ2n) is 2.58. The van der Waals surface area contributed by atoms with Crippen molar-refractivity contribution in [2.75, 3.05) is 0 Å². The number of ether oxygens (including phenoxy) is 1. The summed E-state index contributed by atoms with van der Waals surface area (Å²) in [5.74, 6) is -0.991. The third-order valence-electron chi connectivity index (χ3n) is 1.53. The van der Waals surface area contributed by atoms with E-state index < -0.39 is 10.9 Å². The van der Waals surface area contributed by atoms with Gasteiger partial charge in [-0.2, -0.15) is 0 Å². The molecular weight excluding hydrogens is 257 g/mol. The maximum absolute atomic E-state index is 11.0. The highest BCUT2D eigenvalue weighted by Crippen LogP contribution is 2.29. The summed E-state index contributed by atoms with van der Waals surface area (Å²) in [6, 6.07) is 3.70. The summed E-state index contributed by atoms with van der Waals surface area (Å²) in [4.78, 5) is 21.0. The van der Waals surface area contributed by atoms with Crippen LogP contribution in [-0.4, -0.2) is 10.9 Å². The van der Waals surface area contributed by atoms with Crippen LogP contribution in [0.15, 0.2) is 29.8 Å². The van der Waals surface area contributed by atoms with Crippen molar-refractivity contribution in [1.29, 1.82) is 0 Å². The Morgan fingerprint density at radius 1 is 1.50 bits per heavy atom. The molecule has 0 heterocycles. The van der Waals surface area contributed by atoms with Gasteiger partial charge in [-0.15, -0.1) is 0 Å². The van der Waals surface area contributed by atoms with Crippen molar-refractivity contribution in [3.05, 3.63) is 44.9 Å². The van der Waals surface area contributed by atoms with Crippen LogP contribution < -0.4 is 4.74 Å². The van der Waals surface area contributed by atoms with E-state index in [0.717, 1.165) is 17.7 Å². The Morgan fingerprint density at radius 3 is 2.75 bits per heavy atom. The summed E-state index contributed by atoms with van der Waals surface area (Å²) >= 11 is 10.7. The average Bonchev–Trinajstić information content (AvgIpc) is 2.20. The van der Waals surface area contributed by atoms with E-state index in [4.69, 9.17) is 27.9 Å². The van der Waals surface area contributed by atoms with E-state index in [-0.39, 0.29) is 16.5 Å². The molecule has 16 heavy (non-hydrogen) atoms. The van der Waals surface area contributed by atoms with Gasteiger partial charge in [0.25, 0.3) is 0 Å². The van der Waals surface area contributed by atoms with E-state index in [1.807, 2.05) is 0 Å². The van der Waals surface area contributed by atoms with Crippen LogP contribution >= 0.6 is 23.2 Å². The van der Waals surface area contributed by atoms with Gasteiger partial charge >= 0.3 is 11.7 Å². The van der Waals surface area contributed by atoms with Gasteiger partial charge in [-0.25, -0.2) is 4.79 Å². The van der Waals surface area contributed by atoms with Gasteiger partial charge in [-0.05, 0) is 12.1 Å². The number of hydrogen-bond acceptors (Lipinski definition) is 4. The van der Waals surface area contributed by atoms with Crippen LogP contribution in [0, 0.1) is 10.1 Å². The average molecular weight is 262 g/mol. The van der Waals surface area contributed by atoms with Crippen LogP contribution in [0.1, 0.15) is 0 Å². The molecule has 0 aliphatic rings. The summed E-state index contributed by atoms with van der Waals surface area (Å²) in [5.41, 5.74) is 0.563. The SMILES string of the molecule is O=C(/C=C/Cl)Oc1ccc(Cl)cc1[N+](=O)[O-]. The molecule has 0 aromatic heterocycles. The molecule has 1 aromatic rings. The quantitative estimate of drug-likeness (QED) is 0.276. The monoisotopic (exact) mass is 261 g/mol. The first-order valence-electron chi connectivity index (χ1n) is 3.97. The van der Waals surface area contributed by atoms with E-state index in [1.54, 1.807) is 0 Å². The van der Waals surface area contributed by atoms with Crippen LogP contribution in [0.5, 0.6) is 5.75 Å². The maximum atomic E-state index is 11.0. The lowest BCUT2D eigenvalue weighted by Crippen LogP contribution is -2.05. The van der Waals surface area contributed by atoms with Crippen LogP contribution in [-0.2, 0) is 4.79 Å². The topological polar surface area (TPSA) is 69.4 Å². The van der Waals surface area contributed by atoms with Crippen LogP contribution in [0.4, 0.5) is 5.69 Å². The lowest BCUT2D eigenvalue weighted by Gasteiger charge is -2.02. The van der Waals surface area contributed by atoms with Crippen LogP contribution in [0.2, 0.25) is 5.02 Å². The van der Waals surface area contributed by atoms with E-state index in [9.17, 15) is 14.9 Å². The Morgan fingerprint density at radius 2 is 2.19 bits per heavy atom. The Labute approximate surface area is 100 Å². The molecule has 0 aliphatic heterocycles. The van der Waals surface area contributed by atoms with Crippen LogP contribution in [0.3, 0.4) is 0 Å².